The third-order valence-corrected chi connectivity index (χ3v) is 7.85. The lowest BCUT2D eigenvalue weighted by Crippen LogP contribution is -2.29. The van der Waals surface area contributed by atoms with E-state index in [0.29, 0.717) is 33.3 Å². The van der Waals surface area contributed by atoms with Gasteiger partial charge in [-0.2, -0.15) is 0 Å². The first-order chi connectivity index (χ1) is 15.3. The van der Waals surface area contributed by atoms with Crippen LogP contribution in [0.5, 0.6) is 5.75 Å². The molecular weight excluding hydrogens is 452 g/mol. The standard InChI is InChI=1S/C23H19F2N3O2S2/c1-12-16(21(30)27-22-26-18-8-7-15(29)10-20(18)32-22)9-14-11-31-13(2)23(24,25)17-5-3-4-6-19(17)28(12)14/h3-10,13,29H,11H2,1-2H3,(H,26,27,30). The van der Waals surface area contributed by atoms with E-state index < -0.39 is 11.2 Å². The normalized spacial score (nSPS) is 17.3. The highest BCUT2D eigenvalue weighted by molar-refractivity contribution is 7.99. The Bertz CT molecular complexity index is 1360. The molecule has 164 valence electrons. The number of hydrogen-bond acceptors (Lipinski definition) is 5. The number of anilines is 1. The van der Waals surface area contributed by atoms with E-state index in [9.17, 15) is 9.90 Å². The summed E-state index contributed by atoms with van der Waals surface area (Å²) in [5.74, 6) is -2.86. The van der Waals surface area contributed by atoms with Gasteiger partial charge in [-0.05, 0) is 44.2 Å². The van der Waals surface area contributed by atoms with Crippen molar-refractivity contribution in [1.82, 2.24) is 9.55 Å². The molecule has 0 radical (unpaired) electrons. The minimum atomic E-state index is -3.00. The number of phenolic OH excluding ortho intramolecular Hbond substituents is 1. The fourth-order valence-corrected chi connectivity index (χ4v) is 5.82. The van der Waals surface area contributed by atoms with Crippen molar-refractivity contribution in [2.75, 3.05) is 5.32 Å². The quantitative estimate of drug-likeness (QED) is 0.372. The minimum absolute atomic E-state index is 0.0439. The first-order valence-electron chi connectivity index (χ1n) is 9.97. The maximum Gasteiger partial charge on any atom is 0.286 e. The Hall–Kier alpha value is -2.91. The Labute approximate surface area is 191 Å². The van der Waals surface area contributed by atoms with Gasteiger partial charge in [0.2, 0.25) is 0 Å². The molecule has 1 unspecified atom stereocenters. The number of alkyl halides is 2. The van der Waals surface area contributed by atoms with Gasteiger partial charge in [0, 0.05) is 22.7 Å². The van der Waals surface area contributed by atoms with E-state index in [4.69, 9.17) is 0 Å². The molecule has 5 rings (SSSR count). The van der Waals surface area contributed by atoms with Crippen molar-refractivity contribution < 1.29 is 18.7 Å². The second-order valence-electron chi connectivity index (χ2n) is 7.69. The Morgan fingerprint density at radius 1 is 1.25 bits per heavy atom. The van der Waals surface area contributed by atoms with Crippen LogP contribution in [-0.4, -0.2) is 25.8 Å². The molecule has 5 nitrogen and oxygen atoms in total. The van der Waals surface area contributed by atoms with Gasteiger partial charge < -0.3 is 9.67 Å². The fourth-order valence-electron chi connectivity index (χ4n) is 3.96. The zero-order valence-electron chi connectivity index (χ0n) is 17.2. The van der Waals surface area contributed by atoms with E-state index in [1.807, 2.05) is 0 Å². The van der Waals surface area contributed by atoms with Crippen molar-refractivity contribution in [2.45, 2.75) is 30.8 Å². The lowest BCUT2D eigenvalue weighted by molar-refractivity contribution is -0.00220. The summed E-state index contributed by atoms with van der Waals surface area (Å²) in [6.07, 6.45) is 0. The van der Waals surface area contributed by atoms with E-state index in [-0.39, 0.29) is 17.2 Å². The molecule has 0 bridgehead atoms. The summed E-state index contributed by atoms with van der Waals surface area (Å²) in [7, 11) is 0. The number of hydrogen-bond donors (Lipinski definition) is 2. The number of aromatic hydroxyl groups is 1. The summed E-state index contributed by atoms with van der Waals surface area (Å²) >= 11 is 2.43. The Morgan fingerprint density at radius 3 is 2.84 bits per heavy atom. The molecule has 0 spiro atoms. The van der Waals surface area contributed by atoms with Gasteiger partial charge in [-0.1, -0.05) is 29.5 Å². The molecule has 1 aliphatic heterocycles. The van der Waals surface area contributed by atoms with Crippen molar-refractivity contribution in [3.63, 3.8) is 0 Å². The molecule has 2 aromatic heterocycles. The molecule has 0 saturated heterocycles. The Balaban J connectivity index is 1.56. The number of carbonyl (C=O) groups is 1. The predicted octanol–water partition coefficient (Wildman–Crippen LogP) is 6.08. The first kappa shape index (κ1) is 21.0. The van der Waals surface area contributed by atoms with Gasteiger partial charge >= 0.3 is 0 Å². The van der Waals surface area contributed by atoms with Crippen LogP contribution in [0.2, 0.25) is 0 Å². The number of thiazole rings is 1. The second kappa shape index (κ2) is 7.60. The van der Waals surface area contributed by atoms with Crippen LogP contribution >= 0.6 is 23.1 Å². The third kappa shape index (κ3) is 3.36. The summed E-state index contributed by atoms with van der Waals surface area (Å²) in [6.45, 7) is 3.30. The van der Waals surface area contributed by atoms with E-state index in [2.05, 4.69) is 10.3 Å². The molecule has 2 N–H and O–H groups in total. The number of fused-ring (bicyclic) bond motifs is 4. The number of para-hydroxylation sites is 1. The maximum absolute atomic E-state index is 15.1. The molecule has 1 atom stereocenters. The number of halogens is 2. The van der Waals surface area contributed by atoms with Crippen molar-refractivity contribution in [3.8, 4) is 11.4 Å². The zero-order valence-corrected chi connectivity index (χ0v) is 18.9. The second-order valence-corrected chi connectivity index (χ2v) is 10.0. The molecule has 4 aromatic rings. The van der Waals surface area contributed by atoms with Crippen LogP contribution in [0.15, 0.2) is 48.5 Å². The molecule has 3 heterocycles. The highest BCUT2D eigenvalue weighted by atomic mass is 32.2. The number of nitrogens with one attached hydrogen (secondary N) is 1. The number of thioether (sulfide) groups is 1. The maximum atomic E-state index is 15.1. The fraction of sp³-hybridized carbons (Fsp3) is 0.217. The lowest BCUT2D eigenvalue weighted by Gasteiger charge is -2.29. The molecular formula is C23H19F2N3O2S2. The minimum Gasteiger partial charge on any atom is -0.508 e. The van der Waals surface area contributed by atoms with E-state index in [1.165, 1.54) is 42.2 Å². The number of rotatable bonds is 2. The SMILES string of the molecule is Cc1c(C(=O)Nc2nc3ccc(O)cc3s2)cc2n1-c1ccccc1C(F)(F)C(C)SC2. The van der Waals surface area contributed by atoms with Gasteiger partial charge in [0.15, 0.2) is 5.13 Å². The Kier molecular flexibility index (Phi) is 4.98. The first-order valence-corrected chi connectivity index (χ1v) is 11.8. The molecule has 1 amide bonds. The number of aromatic nitrogens is 2. The van der Waals surface area contributed by atoms with Gasteiger partial charge in [0.05, 0.1) is 26.7 Å². The van der Waals surface area contributed by atoms with Crippen LogP contribution in [0.4, 0.5) is 13.9 Å². The van der Waals surface area contributed by atoms with Crippen LogP contribution < -0.4 is 5.32 Å². The number of phenols is 1. The van der Waals surface area contributed by atoms with Gasteiger partial charge in [0.25, 0.3) is 11.8 Å². The summed E-state index contributed by atoms with van der Waals surface area (Å²) in [4.78, 5) is 17.5. The van der Waals surface area contributed by atoms with E-state index in [0.717, 1.165) is 10.4 Å². The van der Waals surface area contributed by atoms with Gasteiger partial charge in [-0.15, -0.1) is 11.8 Å². The van der Waals surface area contributed by atoms with Gasteiger partial charge in [0.1, 0.15) is 5.75 Å². The topological polar surface area (TPSA) is 67.2 Å². The molecule has 0 fully saturated rings. The van der Waals surface area contributed by atoms with Crippen molar-refractivity contribution in [3.05, 3.63) is 71.0 Å². The van der Waals surface area contributed by atoms with Gasteiger partial charge in [-0.3, -0.25) is 10.1 Å². The van der Waals surface area contributed by atoms with Crippen LogP contribution in [0, 0.1) is 6.92 Å². The lowest BCUT2D eigenvalue weighted by atomic mass is 10.0. The van der Waals surface area contributed by atoms with Crippen molar-refractivity contribution in [1.29, 1.82) is 0 Å². The van der Waals surface area contributed by atoms with Crippen LogP contribution in [0.25, 0.3) is 15.9 Å². The molecule has 0 aliphatic carbocycles. The highest BCUT2D eigenvalue weighted by Crippen LogP contribution is 2.45. The van der Waals surface area contributed by atoms with Crippen molar-refractivity contribution >= 4 is 44.4 Å². The molecule has 1 aliphatic rings. The molecule has 0 saturated carbocycles. The largest absolute Gasteiger partial charge is 0.508 e. The summed E-state index contributed by atoms with van der Waals surface area (Å²) in [5.41, 5.74) is 2.82. The van der Waals surface area contributed by atoms with Gasteiger partial charge in [-0.25, -0.2) is 13.8 Å². The zero-order chi connectivity index (χ0) is 22.6. The number of benzene rings is 2. The van der Waals surface area contributed by atoms with Crippen LogP contribution in [-0.2, 0) is 11.7 Å². The Morgan fingerprint density at radius 2 is 2.03 bits per heavy atom. The smallest absolute Gasteiger partial charge is 0.286 e. The monoisotopic (exact) mass is 471 g/mol. The number of amides is 1. The molecule has 32 heavy (non-hydrogen) atoms. The van der Waals surface area contributed by atoms with Crippen molar-refractivity contribution in [2.24, 2.45) is 0 Å². The van der Waals surface area contributed by atoms with Crippen LogP contribution in [0.1, 0.15) is 34.2 Å². The van der Waals surface area contributed by atoms with Crippen LogP contribution in [0.3, 0.4) is 0 Å². The molecule has 2 aromatic carbocycles. The number of carbonyl (C=O) groups excluding carboxylic acids is 1. The average molecular weight is 472 g/mol. The summed E-state index contributed by atoms with van der Waals surface area (Å²) in [6, 6.07) is 13.1. The number of nitrogens with zero attached hydrogens (tertiary/aromatic N) is 2. The summed E-state index contributed by atoms with van der Waals surface area (Å²) < 4.78 is 32.7. The van der Waals surface area contributed by atoms with E-state index >= 15 is 8.78 Å². The molecule has 9 heteroatoms. The average Bonchev–Trinajstić information content (AvgIpc) is 3.30. The summed E-state index contributed by atoms with van der Waals surface area (Å²) in [5, 5.41) is 12.0. The predicted molar refractivity (Wildman–Crippen MR) is 124 cm³/mol. The highest BCUT2D eigenvalue weighted by Gasteiger charge is 2.42. The van der Waals surface area contributed by atoms with E-state index in [1.54, 1.807) is 47.9 Å². The third-order valence-electron chi connectivity index (χ3n) is 5.66.